The third-order valence-electron chi connectivity index (χ3n) is 2.80. The van der Waals surface area contributed by atoms with Crippen LogP contribution in [0, 0.1) is 17.3 Å². The van der Waals surface area contributed by atoms with Crippen LogP contribution in [0.2, 0.25) is 0 Å². The van der Waals surface area contributed by atoms with Gasteiger partial charge in [-0.2, -0.15) is 0 Å². The quantitative estimate of drug-likeness (QED) is 0.772. The zero-order valence-corrected chi connectivity index (χ0v) is 12.3. The van der Waals surface area contributed by atoms with E-state index < -0.39 is 9.21 Å². The van der Waals surface area contributed by atoms with E-state index in [1.54, 1.807) is 0 Å². The molecule has 0 saturated heterocycles. The van der Waals surface area contributed by atoms with Crippen molar-refractivity contribution >= 4 is 61.0 Å². The maximum atomic E-state index is 10.9. The molecule has 1 saturated carbocycles. The lowest BCUT2D eigenvalue weighted by Gasteiger charge is -2.19. The lowest BCUT2D eigenvalue weighted by Crippen LogP contribution is -2.23. The molecule has 0 aliphatic heterocycles. The fourth-order valence-electron chi connectivity index (χ4n) is 1.90. The van der Waals surface area contributed by atoms with Crippen LogP contribution in [-0.2, 0) is 4.79 Å². The Kier molecular flexibility index (Phi) is 3.54. The highest BCUT2D eigenvalue weighted by Crippen LogP contribution is 2.64. The third-order valence-corrected chi connectivity index (χ3v) is 6.17. The largest absolute Gasteiger partial charge is 0.481 e. The number of hydrogen-bond acceptors (Lipinski definition) is 1. The Labute approximate surface area is 110 Å². The zero-order valence-electron chi connectivity index (χ0n) is 7.60. The monoisotopic (exact) mass is 366 g/mol. The van der Waals surface area contributed by atoms with Crippen molar-refractivity contribution in [1.29, 1.82) is 0 Å². The molecule has 0 bridgehead atoms. The van der Waals surface area contributed by atoms with Gasteiger partial charge < -0.3 is 5.11 Å². The standard InChI is InChI=1S/C8H10Br2Cl2O2/c1-7(2)3(4(7)6(13)14)5(9)8(10,11)12/h3-5H,1-2H3,(H,13,14). The van der Waals surface area contributed by atoms with E-state index in [1.165, 1.54) is 0 Å². The van der Waals surface area contributed by atoms with Crippen LogP contribution in [0.5, 0.6) is 0 Å². The maximum absolute atomic E-state index is 10.9. The van der Waals surface area contributed by atoms with Crippen molar-refractivity contribution in [3.8, 4) is 0 Å². The van der Waals surface area contributed by atoms with E-state index in [0.717, 1.165) is 0 Å². The Morgan fingerprint density at radius 2 is 2.00 bits per heavy atom. The second-order valence-corrected chi connectivity index (χ2v) is 8.64. The molecule has 0 aromatic carbocycles. The first-order valence-corrected chi connectivity index (χ1v) is 6.50. The molecule has 14 heavy (non-hydrogen) atoms. The van der Waals surface area contributed by atoms with E-state index in [2.05, 4.69) is 31.9 Å². The van der Waals surface area contributed by atoms with Gasteiger partial charge in [0.1, 0.15) is 0 Å². The summed E-state index contributed by atoms with van der Waals surface area (Å²) in [6.45, 7) is 3.80. The Balaban J connectivity index is 2.79. The summed E-state index contributed by atoms with van der Waals surface area (Å²) in [6, 6.07) is 0. The van der Waals surface area contributed by atoms with Gasteiger partial charge in [-0.3, -0.25) is 4.79 Å². The van der Waals surface area contributed by atoms with Gasteiger partial charge in [-0.25, -0.2) is 0 Å². The number of carbonyl (C=O) groups is 1. The van der Waals surface area contributed by atoms with Crippen molar-refractivity contribution in [2.75, 3.05) is 0 Å². The molecular formula is C8H10Br2Cl2O2. The minimum absolute atomic E-state index is 0.0608. The number of carboxylic acids is 1. The minimum Gasteiger partial charge on any atom is -0.481 e. The van der Waals surface area contributed by atoms with Crippen molar-refractivity contribution < 1.29 is 9.90 Å². The molecule has 1 fully saturated rings. The number of carboxylic acid groups (broad SMARTS) is 1. The first-order valence-electron chi connectivity index (χ1n) is 4.03. The summed E-state index contributed by atoms with van der Waals surface area (Å²) >= 11 is 18.2. The summed E-state index contributed by atoms with van der Waals surface area (Å²) in [5.41, 5.74) is -0.261. The molecule has 0 spiro atoms. The molecule has 1 N–H and O–H groups in total. The zero-order chi connectivity index (χ0) is 11.3. The summed E-state index contributed by atoms with van der Waals surface area (Å²) in [7, 11) is 0. The van der Waals surface area contributed by atoms with Crippen LogP contribution in [0.15, 0.2) is 0 Å². The molecule has 0 heterocycles. The molecule has 6 heteroatoms. The summed E-state index contributed by atoms with van der Waals surface area (Å²) in [6.07, 6.45) is 0. The summed E-state index contributed by atoms with van der Waals surface area (Å²) in [5.74, 6) is -1.25. The molecule has 82 valence electrons. The van der Waals surface area contributed by atoms with Crippen molar-refractivity contribution in [3.63, 3.8) is 0 Å². The number of alkyl halides is 4. The highest BCUT2D eigenvalue weighted by Gasteiger charge is 2.67. The molecule has 0 aromatic rings. The Hall–Kier alpha value is 1.01. The highest BCUT2D eigenvalue weighted by molar-refractivity contribution is 9.13. The maximum Gasteiger partial charge on any atom is 0.307 e. The van der Waals surface area contributed by atoms with Gasteiger partial charge in [-0.05, 0) is 27.3 Å². The summed E-state index contributed by atoms with van der Waals surface area (Å²) in [4.78, 5) is 10.6. The topological polar surface area (TPSA) is 37.3 Å². The molecule has 3 unspecified atom stereocenters. The molecule has 0 aromatic heterocycles. The average Bonchev–Trinajstić information content (AvgIpc) is 2.49. The summed E-state index contributed by atoms with van der Waals surface area (Å²) < 4.78 is -1.13. The van der Waals surface area contributed by atoms with E-state index in [0.29, 0.717) is 0 Å². The molecule has 1 aliphatic carbocycles. The molecular weight excluding hydrogens is 359 g/mol. The van der Waals surface area contributed by atoms with Crippen molar-refractivity contribution in [3.05, 3.63) is 0 Å². The smallest absolute Gasteiger partial charge is 0.307 e. The van der Waals surface area contributed by atoms with Gasteiger partial charge >= 0.3 is 5.97 Å². The van der Waals surface area contributed by atoms with E-state index >= 15 is 0 Å². The Morgan fingerprint density at radius 3 is 2.21 bits per heavy atom. The van der Waals surface area contributed by atoms with E-state index in [9.17, 15) is 4.79 Å². The van der Waals surface area contributed by atoms with Crippen molar-refractivity contribution in [1.82, 2.24) is 0 Å². The molecule has 1 aliphatic rings. The first-order chi connectivity index (χ1) is 6.10. The summed E-state index contributed by atoms with van der Waals surface area (Å²) in [5, 5.41) is 8.95. The lowest BCUT2D eigenvalue weighted by atomic mass is 10.1. The lowest BCUT2D eigenvalue weighted by molar-refractivity contribution is -0.139. The number of halogens is 4. The van der Waals surface area contributed by atoms with Crippen LogP contribution >= 0.6 is 55.1 Å². The van der Waals surface area contributed by atoms with Gasteiger partial charge in [-0.15, -0.1) is 0 Å². The van der Waals surface area contributed by atoms with Crippen molar-refractivity contribution in [2.45, 2.75) is 21.9 Å². The molecule has 2 nitrogen and oxygen atoms in total. The molecule has 3 atom stereocenters. The van der Waals surface area contributed by atoms with Crippen LogP contribution in [-0.4, -0.2) is 19.1 Å². The van der Waals surface area contributed by atoms with Gasteiger partial charge in [0.15, 0.2) is 3.24 Å². The van der Waals surface area contributed by atoms with Crippen LogP contribution in [0.1, 0.15) is 13.8 Å². The van der Waals surface area contributed by atoms with Gasteiger partial charge in [-0.1, -0.05) is 53.0 Å². The van der Waals surface area contributed by atoms with E-state index in [1.807, 2.05) is 13.8 Å². The first kappa shape index (κ1) is 13.1. The fraction of sp³-hybridized carbons (Fsp3) is 0.875. The minimum atomic E-state index is -1.13. The van der Waals surface area contributed by atoms with Gasteiger partial charge in [0.25, 0.3) is 0 Å². The predicted molar refractivity (Wildman–Crippen MR) is 64.5 cm³/mol. The van der Waals surface area contributed by atoms with Gasteiger partial charge in [0, 0.05) is 0 Å². The molecule has 0 amide bonds. The Bertz CT molecular complexity index is 263. The fourth-order valence-corrected chi connectivity index (χ4v) is 3.44. The number of hydrogen-bond donors (Lipinski definition) is 1. The van der Waals surface area contributed by atoms with Gasteiger partial charge in [0.2, 0.25) is 0 Å². The predicted octanol–water partition coefficient (Wildman–Crippen LogP) is 3.63. The SMILES string of the molecule is CC1(C)C(C(=O)O)C1C(Br)C(Cl)(Cl)Br. The van der Waals surface area contributed by atoms with Crippen LogP contribution in [0.4, 0.5) is 0 Å². The molecule has 1 rings (SSSR count). The van der Waals surface area contributed by atoms with Crippen molar-refractivity contribution in [2.24, 2.45) is 17.3 Å². The second-order valence-electron chi connectivity index (χ2n) is 4.11. The second kappa shape index (κ2) is 3.79. The number of rotatable bonds is 3. The van der Waals surface area contributed by atoms with E-state index in [-0.39, 0.29) is 22.1 Å². The Morgan fingerprint density at radius 1 is 1.57 bits per heavy atom. The number of aliphatic carboxylic acids is 1. The normalized spacial score (nSPS) is 32.4. The highest BCUT2D eigenvalue weighted by atomic mass is 79.9. The average molecular weight is 369 g/mol. The van der Waals surface area contributed by atoms with Gasteiger partial charge in [0.05, 0.1) is 10.7 Å². The third kappa shape index (κ3) is 2.23. The van der Waals surface area contributed by atoms with Crippen LogP contribution in [0.3, 0.4) is 0 Å². The van der Waals surface area contributed by atoms with E-state index in [4.69, 9.17) is 28.3 Å². The van der Waals surface area contributed by atoms with Crippen LogP contribution < -0.4 is 0 Å². The molecule has 0 radical (unpaired) electrons. The van der Waals surface area contributed by atoms with Crippen LogP contribution in [0.25, 0.3) is 0 Å².